The number of amides is 2. The lowest BCUT2D eigenvalue weighted by Gasteiger charge is -2.27. The molecule has 1 aromatic heterocycles. The van der Waals surface area contributed by atoms with Gasteiger partial charge in [-0.25, -0.2) is 0 Å². The van der Waals surface area contributed by atoms with Crippen LogP contribution in [0, 0.1) is 0 Å². The first-order valence-corrected chi connectivity index (χ1v) is 6.00. The molecule has 1 saturated carbocycles. The molecule has 0 bridgehead atoms. The van der Waals surface area contributed by atoms with E-state index in [-0.39, 0.29) is 0 Å². The Morgan fingerprint density at radius 1 is 1.37 bits per heavy atom. The third-order valence-electron chi connectivity index (χ3n) is 3.60. The molecule has 8 heteroatoms. The highest BCUT2D eigenvalue weighted by molar-refractivity contribution is 5.99. The van der Waals surface area contributed by atoms with Crippen LogP contribution in [0.15, 0.2) is 11.1 Å². The summed E-state index contributed by atoms with van der Waals surface area (Å²) in [5.41, 5.74) is 10.5. The smallest absolute Gasteiger partial charge is 0.252 e. The quantitative estimate of drug-likeness (QED) is 0.521. The molecule has 2 amide bonds. The van der Waals surface area contributed by atoms with Gasteiger partial charge in [-0.05, 0) is 18.9 Å². The van der Waals surface area contributed by atoms with Crippen LogP contribution < -0.4 is 16.8 Å². The number of nitrogens with one attached hydrogen (secondary N) is 2. The Hall–Kier alpha value is -2.38. The number of H-pyrrole nitrogens is 1. The molecule has 1 fully saturated rings. The highest BCUT2D eigenvalue weighted by atomic mass is 16.2. The van der Waals surface area contributed by atoms with Gasteiger partial charge in [-0.15, -0.1) is 0 Å². The number of carbonyl (C=O) groups excluding carboxylic acids is 2. The number of nitrogens with two attached hydrogens (primary N) is 2. The van der Waals surface area contributed by atoms with Gasteiger partial charge >= 0.3 is 0 Å². The van der Waals surface area contributed by atoms with Gasteiger partial charge in [-0.3, -0.25) is 19.7 Å². The summed E-state index contributed by atoms with van der Waals surface area (Å²) in [6.45, 7) is 0. The standard InChI is InChI=1S/C11H14N6O2/c12-9(18)8-11(10(13)19,15-4-14-8)7-3-6(16-17-7)5-1-2-5/h3-5,8H,1-2H2,(H2,12,18)(H2,13,19)(H,14,15)(H,16,17). The minimum absolute atomic E-state index is 0.350. The summed E-state index contributed by atoms with van der Waals surface area (Å²) >= 11 is 0. The van der Waals surface area contributed by atoms with Crippen molar-refractivity contribution in [2.45, 2.75) is 30.3 Å². The molecule has 0 aromatic carbocycles. The second-order valence-electron chi connectivity index (χ2n) is 4.88. The number of primary amides is 2. The minimum Gasteiger partial charge on any atom is -0.368 e. The number of aromatic nitrogens is 2. The van der Waals surface area contributed by atoms with Crippen molar-refractivity contribution in [2.24, 2.45) is 16.5 Å². The first-order valence-electron chi connectivity index (χ1n) is 6.00. The zero-order valence-electron chi connectivity index (χ0n) is 10.1. The van der Waals surface area contributed by atoms with E-state index in [4.69, 9.17) is 11.5 Å². The summed E-state index contributed by atoms with van der Waals surface area (Å²) in [4.78, 5) is 27.2. The Labute approximate surface area is 108 Å². The molecule has 1 aliphatic carbocycles. The van der Waals surface area contributed by atoms with Gasteiger partial charge in [0.1, 0.15) is 5.69 Å². The van der Waals surface area contributed by atoms with Crippen molar-refractivity contribution in [1.29, 1.82) is 0 Å². The van der Waals surface area contributed by atoms with E-state index in [1.165, 1.54) is 6.34 Å². The van der Waals surface area contributed by atoms with Crippen molar-refractivity contribution in [2.75, 3.05) is 0 Å². The van der Waals surface area contributed by atoms with Gasteiger partial charge in [0.15, 0.2) is 11.6 Å². The van der Waals surface area contributed by atoms with E-state index >= 15 is 0 Å². The predicted octanol–water partition coefficient (Wildman–Crippen LogP) is -1.55. The first kappa shape index (κ1) is 11.7. The monoisotopic (exact) mass is 262 g/mol. The molecule has 2 aliphatic rings. The van der Waals surface area contributed by atoms with Gasteiger partial charge in [0.25, 0.3) is 5.91 Å². The van der Waals surface area contributed by atoms with Crippen molar-refractivity contribution in [3.63, 3.8) is 0 Å². The number of aliphatic imine (C=N–C) groups is 1. The highest BCUT2D eigenvalue weighted by Crippen LogP contribution is 2.40. The zero-order chi connectivity index (χ0) is 13.6. The molecule has 2 unspecified atom stereocenters. The maximum atomic E-state index is 11.9. The lowest BCUT2D eigenvalue weighted by Crippen LogP contribution is -2.59. The molecule has 8 nitrogen and oxygen atoms in total. The van der Waals surface area contributed by atoms with Crippen LogP contribution >= 0.6 is 0 Å². The summed E-state index contributed by atoms with van der Waals surface area (Å²) in [6, 6.07) is 0.667. The van der Waals surface area contributed by atoms with Crippen LogP contribution in [0.2, 0.25) is 0 Å². The molecule has 1 aliphatic heterocycles. The molecule has 0 radical (unpaired) electrons. The summed E-state index contributed by atoms with van der Waals surface area (Å²) in [7, 11) is 0. The molecular weight excluding hydrogens is 248 g/mol. The summed E-state index contributed by atoms with van der Waals surface area (Å²) < 4.78 is 0. The van der Waals surface area contributed by atoms with Crippen molar-refractivity contribution >= 4 is 18.2 Å². The molecule has 100 valence electrons. The molecular formula is C11H14N6O2. The number of rotatable bonds is 4. The third-order valence-corrected chi connectivity index (χ3v) is 3.60. The summed E-state index contributed by atoms with van der Waals surface area (Å²) in [5.74, 6) is -1.01. The molecule has 3 rings (SSSR count). The molecule has 1 aromatic rings. The van der Waals surface area contributed by atoms with Gasteiger partial charge in [-0.1, -0.05) is 0 Å². The Bertz CT molecular complexity index is 575. The lowest BCUT2D eigenvalue weighted by atomic mass is 9.86. The SMILES string of the molecule is NC(=O)C1N=CNC1(C(N)=O)c1cc(C2CC2)[nH]n1. The second kappa shape index (κ2) is 3.81. The van der Waals surface area contributed by atoms with Gasteiger partial charge in [-0.2, -0.15) is 5.10 Å². The number of carbonyl (C=O) groups is 2. The van der Waals surface area contributed by atoms with E-state index in [2.05, 4.69) is 20.5 Å². The van der Waals surface area contributed by atoms with Crippen LogP contribution in [0.5, 0.6) is 0 Å². The van der Waals surface area contributed by atoms with Gasteiger partial charge in [0.05, 0.1) is 6.34 Å². The van der Waals surface area contributed by atoms with E-state index < -0.39 is 23.4 Å². The fourth-order valence-corrected chi connectivity index (χ4v) is 2.38. The van der Waals surface area contributed by atoms with Gasteiger partial charge < -0.3 is 16.8 Å². The summed E-state index contributed by atoms with van der Waals surface area (Å²) in [5, 5.41) is 9.73. The van der Waals surface area contributed by atoms with Crippen LogP contribution in [0.3, 0.4) is 0 Å². The lowest BCUT2D eigenvalue weighted by molar-refractivity contribution is -0.130. The van der Waals surface area contributed by atoms with Gasteiger partial charge in [0, 0.05) is 11.6 Å². The average molecular weight is 262 g/mol. The third kappa shape index (κ3) is 1.60. The zero-order valence-corrected chi connectivity index (χ0v) is 10.1. The van der Waals surface area contributed by atoms with Crippen molar-refractivity contribution < 1.29 is 9.59 Å². The van der Waals surface area contributed by atoms with Crippen molar-refractivity contribution in [3.05, 3.63) is 17.5 Å². The molecule has 0 saturated heterocycles. The van der Waals surface area contributed by atoms with Gasteiger partial charge in [0.2, 0.25) is 5.91 Å². The Kier molecular flexibility index (Phi) is 2.34. The molecule has 19 heavy (non-hydrogen) atoms. The normalized spacial score (nSPS) is 29.2. The van der Waals surface area contributed by atoms with Crippen LogP contribution in [0.25, 0.3) is 0 Å². The fourth-order valence-electron chi connectivity index (χ4n) is 2.38. The number of hydrogen-bond donors (Lipinski definition) is 4. The van der Waals surface area contributed by atoms with E-state index in [9.17, 15) is 9.59 Å². The molecule has 2 heterocycles. The second-order valence-corrected chi connectivity index (χ2v) is 4.88. The van der Waals surface area contributed by atoms with E-state index in [0.29, 0.717) is 11.6 Å². The van der Waals surface area contributed by atoms with Crippen LogP contribution in [0.4, 0.5) is 0 Å². The summed E-state index contributed by atoms with van der Waals surface area (Å²) in [6.07, 6.45) is 3.45. The van der Waals surface area contributed by atoms with E-state index in [0.717, 1.165) is 18.5 Å². The Morgan fingerprint density at radius 3 is 2.68 bits per heavy atom. The van der Waals surface area contributed by atoms with Crippen LogP contribution in [-0.2, 0) is 15.1 Å². The number of hydrogen-bond acceptors (Lipinski definition) is 5. The number of nitrogens with zero attached hydrogens (tertiary/aromatic N) is 2. The molecule has 2 atom stereocenters. The fraction of sp³-hybridized carbons (Fsp3) is 0.455. The topological polar surface area (TPSA) is 139 Å². The van der Waals surface area contributed by atoms with Crippen LogP contribution in [0.1, 0.15) is 30.1 Å². The van der Waals surface area contributed by atoms with E-state index in [1.807, 2.05) is 0 Å². The average Bonchev–Trinajstić information content (AvgIpc) is 2.93. The minimum atomic E-state index is -1.49. The highest BCUT2D eigenvalue weighted by Gasteiger charge is 2.53. The first-order chi connectivity index (χ1) is 9.05. The predicted molar refractivity (Wildman–Crippen MR) is 66.0 cm³/mol. The Morgan fingerprint density at radius 2 is 2.11 bits per heavy atom. The maximum absolute atomic E-state index is 11.9. The molecule has 0 spiro atoms. The van der Waals surface area contributed by atoms with Crippen molar-refractivity contribution in [1.82, 2.24) is 15.5 Å². The Balaban J connectivity index is 2.04. The van der Waals surface area contributed by atoms with Crippen LogP contribution in [-0.4, -0.2) is 34.4 Å². The number of aromatic amines is 1. The molecule has 6 N–H and O–H groups in total. The largest absolute Gasteiger partial charge is 0.368 e. The maximum Gasteiger partial charge on any atom is 0.252 e. The van der Waals surface area contributed by atoms with Crippen molar-refractivity contribution in [3.8, 4) is 0 Å². The van der Waals surface area contributed by atoms with E-state index in [1.54, 1.807) is 6.07 Å².